The van der Waals surface area contributed by atoms with Gasteiger partial charge in [-0.1, -0.05) is 13.0 Å². The first-order valence-electron chi connectivity index (χ1n) is 10.5. The van der Waals surface area contributed by atoms with E-state index in [2.05, 4.69) is 46.6 Å². The second-order valence-electron chi connectivity index (χ2n) is 7.53. The van der Waals surface area contributed by atoms with Crippen LogP contribution in [0.1, 0.15) is 27.9 Å². The molecule has 0 aromatic carbocycles. The maximum absolute atomic E-state index is 12.7. The average Bonchev–Trinajstić information content (AvgIpc) is 3.41. The Morgan fingerprint density at radius 1 is 1.30 bits per heavy atom. The number of fused-ring (bicyclic) bond motifs is 1. The first kappa shape index (κ1) is 20.8. The summed E-state index contributed by atoms with van der Waals surface area (Å²) < 4.78 is 7.42. The Morgan fingerprint density at radius 3 is 2.87 bits per heavy atom. The van der Waals surface area contributed by atoms with E-state index in [1.54, 1.807) is 11.3 Å². The molecule has 1 aliphatic heterocycles. The van der Waals surface area contributed by atoms with Crippen molar-refractivity contribution < 1.29 is 9.53 Å². The number of carbonyl (C=O) groups excluding carboxylic acids is 1. The molecule has 8 heteroatoms. The molecule has 3 aromatic rings. The van der Waals surface area contributed by atoms with E-state index in [1.165, 1.54) is 4.88 Å². The maximum atomic E-state index is 12.7. The number of hydrogen-bond donors (Lipinski definition) is 1. The van der Waals surface area contributed by atoms with Gasteiger partial charge in [0.25, 0.3) is 5.91 Å². The number of aromatic nitrogens is 2. The van der Waals surface area contributed by atoms with E-state index < -0.39 is 0 Å². The van der Waals surface area contributed by atoms with Gasteiger partial charge in [-0.3, -0.25) is 14.1 Å². The Bertz CT molecular complexity index is 979. The molecule has 160 valence electrons. The predicted octanol–water partition coefficient (Wildman–Crippen LogP) is 2.66. The minimum atomic E-state index is -0.0521. The molecule has 30 heavy (non-hydrogen) atoms. The molecule has 4 rings (SSSR count). The summed E-state index contributed by atoms with van der Waals surface area (Å²) in [6.07, 6.45) is 2.75. The van der Waals surface area contributed by atoms with Crippen molar-refractivity contribution in [3.05, 3.63) is 52.0 Å². The molecule has 0 radical (unpaired) electrons. The minimum Gasteiger partial charge on any atom is -0.379 e. The van der Waals surface area contributed by atoms with Gasteiger partial charge >= 0.3 is 0 Å². The zero-order valence-electron chi connectivity index (χ0n) is 17.6. The van der Waals surface area contributed by atoms with Crippen molar-refractivity contribution >= 4 is 28.7 Å². The lowest BCUT2D eigenvalue weighted by atomic mass is 10.2. The summed E-state index contributed by atoms with van der Waals surface area (Å²) in [5.74, 6) is 0.993. The van der Waals surface area contributed by atoms with E-state index >= 15 is 0 Å². The fourth-order valence-electron chi connectivity index (χ4n) is 3.82. The van der Waals surface area contributed by atoms with Gasteiger partial charge in [0.05, 0.1) is 31.0 Å². The van der Waals surface area contributed by atoms with E-state index in [0.29, 0.717) is 12.1 Å². The van der Waals surface area contributed by atoms with Gasteiger partial charge in [0.1, 0.15) is 11.5 Å². The number of hydrogen-bond acceptors (Lipinski definition) is 6. The standard InChI is InChI=1S/C22H29N5O2S/c1-3-19-22(25(2)16-18-5-4-14-30-18)27-15-17(6-7-20(27)24-19)21(28)23-8-9-26-10-12-29-13-11-26/h4-7,14-15H,3,8-13,16H2,1-2H3,(H,23,28). The molecule has 3 aromatic heterocycles. The van der Waals surface area contributed by atoms with Crippen LogP contribution in [0.25, 0.3) is 5.65 Å². The number of amides is 1. The number of pyridine rings is 1. The Kier molecular flexibility index (Phi) is 6.66. The van der Waals surface area contributed by atoms with Gasteiger partial charge < -0.3 is 15.0 Å². The third-order valence-electron chi connectivity index (χ3n) is 5.41. The molecule has 1 aliphatic rings. The van der Waals surface area contributed by atoms with Crippen molar-refractivity contribution in [3.63, 3.8) is 0 Å². The second kappa shape index (κ2) is 9.59. The highest BCUT2D eigenvalue weighted by Crippen LogP contribution is 2.25. The van der Waals surface area contributed by atoms with Crippen molar-refractivity contribution in [2.75, 3.05) is 51.3 Å². The lowest BCUT2D eigenvalue weighted by Crippen LogP contribution is -2.41. The van der Waals surface area contributed by atoms with Crippen LogP contribution in [-0.2, 0) is 17.7 Å². The number of imidazole rings is 1. The first-order valence-corrected chi connectivity index (χ1v) is 11.4. The number of ether oxygens (including phenoxy) is 1. The zero-order valence-corrected chi connectivity index (χ0v) is 18.5. The molecule has 1 saturated heterocycles. The van der Waals surface area contributed by atoms with Crippen molar-refractivity contribution in [2.24, 2.45) is 0 Å². The number of rotatable bonds is 8. The van der Waals surface area contributed by atoms with Gasteiger partial charge in [-0.25, -0.2) is 4.98 Å². The monoisotopic (exact) mass is 427 g/mol. The van der Waals surface area contributed by atoms with Crippen LogP contribution in [0.5, 0.6) is 0 Å². The van der Waals surface area contributed by atoms with Crippen LogP contribution in [0.15, 0.2) is 35.8 Å². The van der Waals surface area contributed by atoms with Crippen molar-refractivity contribution in [1.82, 2.24) is 19.6 Å². The molecular formula is C22H29N5O2S. The van der Waals surface area contributed by atoms with Crippen molar-refractivity contribution in [2.45, 2.75) is 19.9 Å². The number of anilines is 1. The predicted molar refractivity (Wildman–Crippen MR) is 121 cm³/mol. The molecule has 0 saturated carbocycles. The summed E-state index contributed by atoms with van der Waals surface area (Å²) in [5.41, 5.74) is 2.55. The molecule has 0 unspecified atom stereocenters. The summed E-state index contributed by atoms with van der Waals surface area (Å²) in [6, 6.07) is 8.00. The lowest BCUT2D eigenvalue weighted by molar-refractivity contribution is 0.0383. The number of nitrogens with zero attached hydrogens (tertiary/aromatic N) is 4. The van der Waals surface area contributed by atoms with E-state index in [-0.39, 0.29) is 5.91 Å². The fraction of sp³-hybridized carbons (Fsp3) is 0.455. The number of thiophene rings is 1. The van der Waals surface area contributed by atoms with Crippen LogP contribution in [0, 0.1) is 0 Å². The molecule has 0 bridgehead atoms. The third kappa shape index (κ3) is 4.66. The first-order chi connectivity index (χ1) is 14.7. The number of carbonyl (C=O) groups is 1. The summed E-state index contributed by atoms with van der Waals surface area (Å²) in [4.78, 5) is 23.3. The topological polar surface area (TPSA) is 62.1 Å². The van der Waals surface area contributed by atoms with Crippen molar-refractivity contribution in [1.29, 1.82) is 0 Å². The van der Waals surface area contributed by atoms with Crippen LogP contribution >= 0.6 is 11.3 Å². The molecule has 1 amide bonds. The minimum absolute atomic E-state index is 0.0521. The van der Waals surface area contributed by atoms with Crippen LogP contribution in [0.4, 0.5) is 5.82 Å². The van der Waals surface area contributed by atoms with E-state index in [0.717, 1.165) is 63.0 Å². The van der Waals surface area contributed by atoms with Crippen molar-refractivity contribution in [3.8, 4) is 0 Å². The fourth-order valence-corrected chi connectivity index (χ4v) is 4.58. The SMILES string of the molecule is CCc1nc2ccc(C(=O)NCCN3CCOCC3)cn2c1N(C)Cc1cccs1. The van der Waals surface area contributed by atoms with Crippen LogP contribution in [0.3, 0.4) is 0 Å². The molecular weight excluding hydrogens is 398 g/mol. The van der Waals surface area contributed by atoms with Gasteiger partial charge in [-0.2, -0.15) is 0 Å². The van der Waals surface area contributed by atoms with E-state index in [1.807, 2.05) is 22.7 Å². The Balaban J connectivity index is 1.49. The van der Waals surface area contributed by atoms with Gasteiger partial charge in [0.2, 0.25) is 0 Å². The second-order valence-corrected chi connectivity index (χ2v) is 8.56. The summed E-state index contributed by atoms with van der Waals surface area (Å²) in [6.45, 7) is 7.80. The average molecular weight is 428 g/mol. The smallest absolute Gasteiger partial charge is 0.252 e. The molecule has 1 N–H and O–H groups in total. The number of morpholine rings is 1. The summed E-state index contributed by atoms with van der Waals surface area (Å²) in [7, 11) is 2.08. The molecule has 7 nitrogen and oxygen atoms in total. The summed E-state index contributed by atoms with van der Waals surface area (Å²) in [5, 5.41) is 5.14. The largest absolute Gasteiger partial charge is 0.379 e. The van der Waals surface area contributed by atoms with Gasteiger partial charge in [0, 0.05) is 44.3 Å². The summed E-state index contributed by atoms with van der Waals surface area (Å²) >= 11 is 1.75. The Morgan fingerprint density at radius 2 is 2.13 bits per heavy atom. The van der Waals surface area contributed by atoms with E-state index in [9.17, 15) is 4.79 Å². The lowest BCUT2D eigenvalue weighted by Gasteiger charge is -2.26. The Hall–Kier alpha value is -2.42. The van der Waals surface area contributed by atoms with Crippen LogP contribution < -0.4 is 10.2 Å². The number of aryl methyl sites for hydroxylation is 1. The van der Waals surface area contributed by atoms with Gasteiger partial charge in [-0.05, 0) is 30.0 Å². The molecule has 1 fully saturated rings. The highest BCUT2D eigenvalue weighted by Gasteiger charge is 2.17. The highest BCUT2D eigenvalue weighted by atomic mass is 32.1. The van der Waals surface area contributed by atoms with E-state index in [4.69, 9.17) is 9.72 Å². The normalized spacial score (nSPS) is 14.9. The maximum Gasteiger partial charge on any atom is 0.252 e. The molecule has 0 atom stereocenters. The van der Waals surface area contributed by atoms with Gasteiger partial charge in [-0.15, -0.1) is 11.3 Å². The van der Waals surface area contributed by atoms with Crippen LogP contribution in [-0.4, -0.2) is 66.6 Å². The zero-order chi connectivity index (χ0) is 20.9. The Labute approximate surface area is 181 Å². The quantitative estimate of drug-likeness (QED) is 0.599. The highest BCUT2D eigenvalue weighted by molar-refractivity contribution is 7.09. The van der Waals surface area contributed by atoms with Gasteiger partial charge in [0.15, 0.2) is 0 Å². The molecule has 0 spiro atoms. The third-order valence-corrected chi connectivity index (χ3v) is 6.27. The molecule has 0 aliphatic carbocycles. The van der Waals surface area contributed by atoms with Crippen LogP contribution in [0.2, 0.25) is 0 Å². The number of nitrogens with one attached hydrogen (secondary N) is 1. The molecule has 4 heterocycles.